The molecule has 2 rings (SSSR count). The maximum absolute atomic E-state index is 12.9. The van der Waals surface area contributed by atoms with E-state index in [1.54, 1.807) is 23.9 Å². The van der Waals surface area contributed by atoms with Gasteiger partial charge in [0, 0.05) is 18.2 Å². The molecule has 0 fully saturated rings. The molecule has 0 aliphatic carbocycles. The molecule has 0 bridgehead atoms. The van der Waals surface area contributed by atoms with E-state index in [4.69, 9.17) is 0 Å². The lowest BCUT2D eigenvalue weighted by atomic mass is 10.2. The Morgan fingerprint density at radius 3 is 2.60 bits per heavy atom. The number of nitrogens with zero attached hydrogens (tertiary/aromatic N) is 3. The number of hydrogen-bond donors (Lipinski definition) is 0. The molecule has 0 atom stereocenters. The summed E-state index contributed by atoms with van der Waals surface area (Å²) in [5.74, 6) is 1.82. The van der Waals surface area contributed by atoms with E-state index in [0.29, 0.717) is 12.5 Å². The molecule has 0 radical (unpaired) electrons. The van der Waals surface area contributed by atoms with Gasteiger partial charge >= 0.3 is 0 Å². The zero-order valence-corrected chi connectivity index (χ0v) is 12.5. The summed E-state index contributed by atoms with van der Waals surface area (Å²) < 4.78 is 14.9. The molecule has 0 unspecified atom stereocenters. The van der Waals surface area contributed by atoms with Crippen molar-refractivity contribution in [3.63, 3.8) is 0 Å². The number of rotatable bonds is 6. The van der Waals surface area contributed by atoms with Crippen LogP contribution >= 0.6 is 11.8 Å². The van der Waals surface area contributed by atoms with E-state index in [0.717, 1.165) is 22.3 Å². The molecule has 1 heterocycles. The van der Waals surface area contributed by atoms with Crippen LogP contribution in [-0.4, -0.2) is 14.8 Å². The Morgan fingerprint density at radius 1 is 1.30 bits per heavy atom. The summed E-state index contributed by atoms with van der Waals surface area (Å²) in [5, 5.41) is 9.36. The minimum absolute atomic E-state index is 0.212. The largest absolute Gasteiger partial charge is 0.302 e. The van der Waals surface area contributed by atoms with Crippen molar-refractivity contribution in [2.45, 2.75) is 37.2 Å². The molecule has 0 N–H and O–H groups in total. The van der Waals surface area contributed by atoms with Gasteiger partial charge in [-0.05, 0) is 17.7 Å². The lowest BCUT2D eigenvalue weighted by Gasteiger charge is -2.09. The van der Waals surface area contributed by atoms with E-state index in [1.165, 1.54) is 12.1 Å². The Bertz CT molecular complexity index is 575. The van der Waals surface area contributed by atoms with Crippen LogP contribution in [-0.2, 0) is 12.3 Å². The van der Waals surface area contributed by atoms with Gasteiger partial charge in [0.15, 0.2) is 5.16 Å². The second-order valence-corrected chi connectivity index (χ2v) is 5.75. The number of allylic oxidation sites excluding steroid dienone is 1. The van der Waals surface area contributed by atoms with Crippen LogP contribution in [0.1, 0.15) is 31.2 Å². The molecule has 0 aliphatic heterocycles. The van der Waals surface area contributed by atoms with Crippen LogP contribution < -0.4 is 0 Å². The van der Waals surface area contributed by atoms with E-state index in [-0.39, 0.29) is 5.82 Å². The van der Waals surface area contributed by atoms with Gasteiger partial charge in [0.1, 0.15) is 11.6 Å². The smallest absolute Gasteiger partial charge is 0.191 e. The first-order valence-corrected chi connectivity index (χ1v) is 7.51. The zero-order chi connectivity index (χ0) is 14.5. The molecule has 0 spiro atoms. The summed E-state index contributed by atoms with van der Waals surface area (Å²) in [6.07, 6.45) is 1.84. The molecule has 106 valence electrons. The summed E-state index contributed by atoms with van der Waals surface area (Å²) in [4.78, 5) is 0. The van der Waals surface area contributed by atoms with Gasteiger partial charge in [0.2, 0.25) is 0 Å². The minimum Gasteiger partial charge on any atom is -0.302 e. The number of hydrogen-bond acceptors (Lipinski definition) is 3. The van der Waals surface area contributed by atoms with E-state index < -0.39 is 0 Å². The molecule has 3 nitrogen and oxygen atoms in total. The first-order valence-electron chi connectivity index (χ1n) is 6.53. The standard InChI is InChI=1S/C15H18FN3S/c1-4-9-19-14(11(2)3)17-18-15(19)20-10-12-5-7-13(16)8-6-12/h4-8,11H,1,9-10H2,2-3H3. The van der Waals surface area contributed by atoms with Gasteiger partial charge in [-0.15, -0.1) is 16.8 Å². The van der Waals surface area contributed by atoms with Gasteiger partial charge in [-0.1, -0.05) is 43.8 Å². The molecule has 0 saturated carbocycles. The zero-order valence-electron chi connectivity index (χ0n) is 11.7. The molecule has 2 aromatic rings. The van der Waals surface area contributed by atoms with Crippen LogP contribution in [0.2, 0.25) is 0 Å². The van der Waals surface area contributed by atoms with Crippen LogP contribution in [0.25, 0.3) is 0 Å². The first kappa shape index (κ1) is 14.8. The van der Waals surface area contributed by atoms with Crippen molar-refractivity contribution in [2.75, 3.05) is 0 Å². The third-order valence-electron chi connectivity index (χ3n) is 2.85. The number of benzene rings is 1. The second-order valence-electron chi connectivity index (χ2n) is 4.81. The van der Waals surface area contributed by atoms with Crippen molar-refractivity contribution in [1.82, 2.24) is 14.8 Å². The molecule has 1 aromatic carbocycles. The molecule has 0 amide bonds. The average Bonchev–Trinajstić information content (AvgIpc) is 2.82. The Hall–Kier alpha value is -1.62. The maximum Gasteiger partial charge on any atom is 0.191 e. The van der Waals surface area contributed by atoms with Crippen LogP contribution in [0.3, 0.4) is 0 Å². The fraction of sp³-hybridized carbons (Fsp3) is 0.333. The number of aromatic nitrogens is 3. The maximum atomic E-state index is 12.9. The Labute approximate surface area is 122 Å². The lowest BCUT2D eigenvalue weighted by molar-refractivity contribution is 0.627. The van der Waals surface area contributed by atoms with Gasteiger partial charge < -0.3 is 4.57 Å². The molecule has 1 aromatic heterocycles. The van der Waals surface area contributed by atoms with Gasteiger partial charge in [-0.25, -0.2) is 4.39 Å². The van der Waals surface area contributed by atoms with Crippen LogP contribution in [0.15, 0.2) is 42.1 Å². The van der Waals surface area contributed by atoms with Crippen molar-refractivity contribution in [1.29, 1.82) is 0 Å². The SMILES string of the molecule is C=CCn1c(SCc2ccc(F)cc2)nnc1C(C)C. The van der Waals surface area contributed by atoms with Crippen molar-refractivity contribution in [3.05, 3.63) is 54.1 Å². The molecule has 20 heavy (non-hydrogen) atoms. The van der Waals surface area contributed by atoms with Crippen LogP contribution in [0.5, 0.6) is 0 Å². The average molecular weight is 291 g/mol. The van der Waals surface area contributed by atoms with Crippen LogP contribution in [0.4, 0.5) is 4.39 Å². The van der Waals surface area contributed by atoms with E-state index in [1.807, 2.05) is 6.08 Å². The van der Waals surface area contributed by atoms with Gasteiger partial charge in [-0.2, -0.15) is 0 Å². The first-order chi connectivity index (χ1) is 9.61. The monoisotopic (exact) mass is 291 g/mol. The number of thioether (sulfide) groups is 1. The Morgan fingerprint density at radius 2 is 2.00 bits per heavy atom. The quantitative estimate of drug-likeness (QED) is 0.595. The third-order valence-corrected chi connectivity index (χ3v) is 3.89. The Balaban J connectivity index is 2.12. The molecular formula is C15H18FN3S. The molecule has 5 heteroatoms. The summed E-state index contributed by atoms with van der Waals surface area (Å²) in [6.45, 7) is 8.67. The summed E-state index contributed by atoms with van der Waals surface area (Å²) in [5.41, 5.74) is 1.07. The van der Waals surface area contributed by atoms with E-state index in [9.17, 15) is 4.39 Å². The lowest BCUT2D eigenvalue weighted by Crippen LogP contribution is -2.05. The highest BCUT2D eigenvalue weighted by Crippen LogP contribution is 2.24. The third kappa shape index (κ3) is 3.48. The fourth-order valence-electron chi connectivity index (χ4n) is 1.86. The summed E-state index contributed by atoms with van der Waals surface area (Å²) in [6, 6.07) is 6.54. The van der Waals surface area contributed by atoms with Crippen molar-refractivity contribution >= 4 is 11.8 Å². The highest BCUT2D eigenvalue weighted by atomic mass is 32.2. The van der Waals surface area contributed by atoms with E-state index in [2.05, 4.69) is 35.2 Å². The fourth-order valence-corrected chi connectivity index (χ4v) is 2.77. The van der Waals surface area contributed by atoms with Crippen LogP contribution in [0, 0.1) is 5.82 Å². The molecule has 0 saturated heterocycles. The molecular weight excluding hydrogens is 273 g/mol. The minimum atomic E-state index is -0.212. The van der Waals surface area contributed by atoms with Crippen molar-refractivity contribution < 1.29 is 4.39 Å². The van der Waals surface area contributed by atoms with Gasteiger partial charge in [0.05, 0.1) is 0 Å². The molecule has 0 aliphatic rings. The summed E-state index contributed by atoms with van der Waals surface area (Å²) >= 11 is 1.60. The van der Waals surface area contributed by atoms with Gasteiger partial charge in [0.25, 0.3) is 0 Å². The van der Waals surface area contributed by atoms with Crippen molar-refractivity contribution in [2.24, 2.45) is 0 Å². The van der Waals surface area contributed by atoms with E-state index >= 15 is 0 Å². The Kier molecular flexibility index (Phi) is 4.95. The highest BCUT2D eigenvalue weighted by molar-refractivity contribution is 7.98. The predicted octanol–water partition coefficient (Wildman–Crippen LogP) is 4.02. The predicted molar refractivity (Wildman–Crippen MR) is 80.3 cm³/mol. The summed E-state index contributed by atoms with van der Waals surface area (Å²) in [7, 11) is 0. The normalized spacial score (nSPS) is 11.0. The second kappa shape index (κ2) is 6.70. The van der Waals surface area contributed by atoms with Crippen molar-refractivity contribution in [3.8, 4) is 0 Å². The van der Waals surface area contributed by atoms with Gasteiger partial charge in [-0.3, -0.25) is 0 Å². The number of halogens is 1. The topological polar surface area (TPSA) is 30.7 Å². The highest BCUT2D eigenvalue weighted by Gasteiger charge is 2.14.